The molecule has 3 aromatic rings. The van der Waals surface area contributed by atoms with E-state index in [0.29, 0.717) is 17.4 Å². The van der Waals surface area contributed by atoms with Crippen molar-refractivity contribution in [2.24, 2.45) is 0 Å². The number of aromatic nitrogens is 3. The van der Waals surface area contributed by atoms with Gasteiger partial charge in [0.2, 0.25) is 0 Å². The molecule has 0 aliphatic carbocycles. The first kappa shape index (κ1) is 18.5. The first-order valence-electron chi connectivity index (χ1n) is 9.46. The van der Waals surface area contributed by atoms with E-state index in [0.717, 1.165) is 36.0 Å². The molecule has 1 N–H and O–H groups in total. The van der Waals surface area contributed by atoms with Crippen LogP contribution in [-0.2, 0) is 6.54 Å². The minimum absolute atomic E-state index is 0.306. The standard InChI is InChI=1S/C21H22N6S/c1-15-5-4-8-23-17(15)13-27-10-3-2-6-19(27)18-14-28-21(25-18)26-20-11-16(12-22)7-9-24-20/h4-5,7-9,11,14,19H,2-3,6,10,13H2,1H3,(H,24,25,26). The van der Waals surface area contributed by atoms with Crippen molar-refractivity contribution in [3.8, 4) is 6.07 Å². The maximum atomic E-state index is 9.04. The second kappa shape index (κ2) is 8.46. The zero-order valence-corrected chi connectivity index (χ0v) is 16.6. The minimum Gasteiger partial charge on any atom is -0.316 e. The Balaban J connectivity index is 1.50. The number of aryl methyl sites for hydroxylation is 1. The number of nitriles is 1. The Kier molecular flexibility index (Phi) is 5.60. The van der Waals surface area contributed by atoms with Gasteiger partial charge < -0.3 is 5.32 Å². The summed E-state index contributed by atoms with van der Waals surface area (Å²) >= 11 is 1.58. The number of hydrogen-bond donors (Lipinski definition) is 1. The molecule has 0 aromatic carbocycles. The fraction of sp³-hybridized carbons (Fsp3) is 0.333. The van der Waals surface area contributed by atoms with Crippen LogP contribution in [0.3, 0.4) is 0 Å². The first-order chi connectivity index (χ1) is 13.7. The fourth-order valence-corrected chi connectivity index (χ4v) is 4.33. The smallest absolute Gasteiger partial charge is 0.188 e. The molecule has 0 bridgehead atoms. The van der Waals surface area contributed by atoms with Gasteiger partial charge in [-0.25, -0.2) is 9.97 Å². The van der Waals surface area contributed by atoms with E-state index in [2.05, 4.69) is 44.6 Å². The molecule has 6 nitrogen and oxygen atoms in total. The quantitative estimate of drug-likeness (QED) is 0.687. The number of hydrogen-bond acceptors (Lipinski definition) is 7. The van der Waals surface area contributed by atoms with E-state index in [9.17, 15) is 0 Å². The van der Waals surface area contributed by atoms with Crippen molar-refractivity contribution in [3.05, 3.63) is 64.6 Å². The van der Waals surface area contributed by atoms with Gasteiger partial charge in [-0.3, -0.25) is 9.88 Å². The lowest BCUT2D eigenvalue weighted by Gasteiger charge is -2.34. The summed E-state index contributed by atoms with van der Waals surface area (Å²) in [6, 6.07) is 9.97. The molecule has 0 amide bonds. The van der Waals surface area contributed by atoms with Gasteiger partial charge >= 0.3 is 0 Å². The number of piperidine rings is 1. The molecule has 1 aliphatic rings. The third-order valence-corrected chi connectivity index (χ3v) is 5.85. The van der Waals surface area contributed by atoms with E-state index in [4.69, 9.17) is 10.2 Å². The molecule has 0 saturated carbocycles. The zero-order valence-electron chi connectivity index (χ0n) is 15.8. The van der Waals surface area contributed by atoms with Gasteiger partial charge in [0, 0.05) is 24.3 Å². The van der Waals surface area contributed by atoms with E-state index < -0.39 is 0 Å². The summed E-state index contributed by atoms with van der Waals surface area (Å²) in [4.78, 5) is 16.2. The van der Waals surface area contributed by atoms with Crippen LogP contribution < -0.4 is 5.32 Å². The minimum atomic E-state index is 0.306. The molecule has 1 aliphatic heterocycles. The molecule has 4 rings (SSSR count). The lowest BCUT2D eigenvalue weighted by Crippen LogP contribution is -2.33. The molecule has 0 radical (unpaired) electrons. The van der Waals surface area contributed by atoms with Crippen LogP contribution in [0.4, 0.5) is 10.9 Å². The molecule has 0 spiro atoms. The van der Waals surface area contributed by atoms with Crippen LogP contribution in [0.2, 0.25) is 0 Å². The Hall–Kier alpha value is -2.82. The van der Waals surface area contributed by atoms with Gasteiger partial charge in [0.15, 0.2) is 5.13 Å². The van der Waals surface area contributed by atoms with Gasteiger partial charge in [-0.05, 0) is 50.1 Å². The highest BCUT2D eigenvalue weighted by molar-refractivity contribution is 7.13. The van der Waals surface area contributed by atoms with Crippen LogP contribution >= 0.6 is 11.3 Å². The molecule has 1 saturated heterocycles. The Morgan fingerprint density at radius 1 is 1.29 bits per heavy atom. The monoisotopic (exact) mass is 390 g/mol. The molecule has 4 heterocycles. The Morgan fingerprint density at radius 3 is 3.07 bits per heavy atom. The predicted molar refractivity (Wildman–Crippen MR) is 110 cm³/mol. The number of anilines is 2. The molecular formula is C21H22N6S. The van der Waals surface area contributed by atoms with Gasteiger partial charge in [0.05, 0.1) is 29.1 Å². The number of thiazole rings is 1. The second-order valence-corrected chi connectivity index (χ2v) is 7.85. The van der Waals surface area contributed by atoms with Crippen molar-refractivity contribution in [3.63, 3.8) is 0 Å². The van der Waals surface area contributed by atoms with E-state index in [1.54, 1.807) is 29.7 Å². The largest absolute Gasteiger partial charge is 0.316 e. The van der Waals surface area contributed by atoms with E-state index in [1.807, 2.05) is 12.3 Å². The van der Waals surface area contributed by atoms with Crippen LogP contribution in [0.1, 0.15) is 47.8 Å². The molecule has 28 heavy (non-hydrogen) atoms. The summed E-state index contributed by atoms with van der Waals surface area (Å²) in [5.41, 5.74) is 4.05. The van der Waals surface area contributed by atoms with Crippen molar-refractivity contribution in [2.45, 2.75) is 38.8 Å². The van der Waals surface area contributed by atoms with Crippen molar-refractivity contribution in [1.29, 1.82) is 5.26 Å². The number of nitrogens with zero attached hydrogens (tertiary/aromatic N) is 5. The van der Waals surface area contributed by atoms with Gasteiger partial charge in [-0.1, -0.05) is 12.5 Å². The average molecular weight is 391 g/mol. The highest BCUT2D eigenvalue weighted by Crippen LogP contribution is 2.34. The molecule has 1 atom stereocenters. The van der Waals surface area contributed by atoms with Crippen LogP contribution in [0, 0.1) is 18.3 Å². The van der Waals surface area contributed by atoms with Crippen LogP contribution in [0.5, 0.6) is 0 Å². The van der Waals surface area contributed by atoms with Crippen molar-refractivity contribution in [1.82, 2.24) is 19.9 Å². The molecule has 3 aromatic heterocycles. The number of rotatable bonds is 5. The van der Waals surface area contributed by atoms with Crippen LogP contribution in [-0.4, -0.2) is 26.4 Å². The van der Waals surface area contributed by atoms with Gasteiger partial charge in [-0.15, -0.1) is 11.3 Å². The summed E-state index contributed by atoms with van der Waals surface area (Å²) in [6.07, 6.45) is 7.04. The fourth-order valence-electron chi connectivity index (χ4n) is 3.57. The third-order valence-electron chi connectivity index (χ3n) is 5.07. The Bertz CT molecular complexity index is 992. The number of likely N-dealkylation sites (tertiary alicyclic amines) is 1. The van der Waals surface area contributed by atoms with Gasteiger partial charge in [-0.2, -0.15) is 5.26 Å². The SMILES string of the molecule is Cc1cccnc1CN1CCCCC1c1csc(Nc2cc(C#N)ccn2)n1. The van der Waals surface area contributed by atoms with Gasteiger partial charge in [0.25, 0.3) is 0 Å². The van der Waals surface area contributed by atoms with Crippen LogP contribution in [0.15, 0.2) is 42.0 Å². The van der Waals surface area contributed by atoms with Crippen molar-refractivity contribution < 1.29 is 0 Å². The third kappa shape index (κ3) is 4.19. The number of pyridine rings is 2. The maximum Gasteiger partial charge on any atom is 0.188 e. The summed E-state index contributed by atoms with van der Waals surface area (Å²) in [5, 5.41) is 15.2. The molecule has 7 heteroatoms. The highest BCUT2D eigenvalue weighted by atomic mass is 32.1. The zero-order chi connectivity index (χ0) is 19.3. The predicted octanol–water partition coefficient (Wildman–Crippen LogP) is 4.58. The van der Waals surface area contributed by atoms with Gasteiger partial charge in [0.1, 0.15) is 5.82 Å². The summed E-state index contributed by atoms with van der Waals surface area (Å²) in [7, 11) is 0. The van der Waals surface area contributed by atoms with E-state index in [1.165, 1.54) is 18.4 Å². The van der Waals surface area contributed by atoms with Crippen molar-refractivity contribution in [2.75, 3.05) is 11.9 Å². The topological polar surface area (TPSA) is 77.7 Å². The molecule has 1 unspecified atom stereocenters. The lowest BCUT2D eigenvalue weighted by molar-refractivity contribution is 0.136. The average Bonchev–Trinajstić information content (AvgIpc) is 3.18. The summed E-state index contributed by atoms with van der Waals surface area (Å²) in [6.45, 7) is 4.03. The molecule has 1 fully saturated rings. The lowest BCUT2D eigenvalue weighted by atomic mass is 9.99. The second-order valence-electron chi connectivity index (χ2n) is 6.99. The van der Waals surface area contributed by atoms with Crippen molar-refractivity contribution >= 4 is 22.3 Å². The van der Waals surface area contributed by atoms with Crippen LogP contribution in [0.25, 0.3) is 0 Å². The molecule has 142 valence electrons. The maximum absolute atomic E-state index is 9.04. The summed E-state index contributed by atoms with van der Waals surface area (Å²) in [5.74, 6) is 0.643. The van der Waals surface area contributed by atoms with E-state index >= 15 is 0 Å². The number of nitrogens with one attached hydrogen (secondary N) is 1. The van der Waals surface area contributed by atoms with E-state index in [-0.39, 0.29) is 0 Å². The highest BCUT2D eigenvalue weighted by Gasteiger charge is 2.26. The first-order valence-corrected chi connectivity index (χ1v) is 10.3. The Morgan fingerprint density at radius 2 is 2.21 bits per heavy atom. The summed E-state index contributed by atoms with van der Waals surface area (Å²) < 4.78 is 0. The molecular weight excluding hydrogens is 368 g/mol. The normalized spacial score (nSPS) is 17.2. The Labute approximate surface area is 168 Å².